The molecule has 0 saturated heterocycles. The summed E-state index contributed by atoms with van der Waals surface area (Å²) in [4.78, 5) is 20.9. The van der Waals surface area contributed by atoms with Crippen molar-refractivity contribution in [1.29, 1.82) is 0 Å². The number of hydrogen-bond donors (Lipinski definition) is 3. The zero-order valence-corrected chi connectivity index (χ0v) is 15.0. The molecular weight excluding hydrogens is 340 g/mol. The molecule has 7 nitrogen and oxygen atoms in total. The van der Waals surface area contributed by atoms with Crippen molar-refractivity contribution in [3.05, 3.63) is 65.4 Å². The van der Waals surface area contributed by atoms with E-state index in [1.54, 1.807) is 0 Å². The number of ketones is 1. The maximum atomic E-state index is 12.8. The van der Waals surface area contributed by atoms with Gasteiger partial charge in [-0.3, -0.25) is 4.79 Å². The van der Waals surface area contributed by atoms with Gasteiger partial charge in [-0.2, -0.15) is 4.80 Å². The lowest BCUT2D eigenvalue weighted by molar-refractivity contribution is -0.115. The van der Waals surface area contributed by atoms with Gasteiger partial charge in [0, 0.05) is 24.1 Å². The Bertz CT molecular complexity index is 1040. The minimum atomic E-state index is 0.182. The third kappa shape index (κ3) is 2.85. The molecular formula is C20H22N6O. The van der Waals surface area contributed by atoms with Crippen molar-refractivity contribution in [1.82, 2.24) is 30.2 Å². The van der Waals surface area contributed by atoms with E-state index in [4.69, 9.17) is 0 Å². The Kier molecular flexibility index (Phi) is 3.85. The van der Waals surface area contributed by atoms with Crippen molar-refractivity contribution in [2.45, 2.75) is 32.1 Å². The van der Waals surface area contributed by atoms with E-state index in [0.29, 0.717) is 6.42 Å². The van der Waals surface area contributed by atoms with Crippen LogP contribution in [-0.2, 0) is 11.2 Å². The van der Waals surface area contributed by atoms with E-state index in [9.17, 15) is 4.79 Å². The lowest BCUT2D eigenvalue weighted by Gasteiger charge is -2.17. The summed E-state index contributed by atoms with van der Waals surface area (Å²) in [6.45, 7) is 0. The fourth-order valence-corrected chi connectivity index (χ4v) is 3.95. The van der Waals surface area contributed by atoms with Crippen LogP contribution in [0.3, 0.4) is 0 Å². The van der Waals surface area contributed by atoms with Crippen LogP contribution >= 0.6 is 0 Å². The van der Waals surface area contributed by atoms with Crippen LogP contribution < -0.4 is 0 Å². The monoisotopic (exact) mass is 362 g/mol. The first-order chi connectivity index (χ1) is 13.3. The van der Waals surface area contributed by atoms with Gasteiger partial charge < -0.3 is 0 Å². The Morgan fingerprint density at radius 3 is 2.85 bits per heavy atom. The van der Waals surface area contributed by atoms with Crippen LogP contribution in [0, 0.1) is 5.92 Å². The Morgan fingerprint density at radius 2 is 1.89 bits per heavy atom. The number of hydrogen-bond acceptors (Lipinski definition) is 2. The first-order valence-electron chi connectivity index (χ1n) is 9.46. The lowest BCUT2D eigenvalue weighted by atomic mass is 9.92. The highest BCUT2D eigenvalue weighted by molar-refractivity contribution is 6.00. The second-order valence-corrected chi connectivity index (χ2v) is 7.16. The number of fused-ring (bicyclic) bond motifs is 5. The molecule has 5 rings (SSSR count). The fraction of sp³-hybridized carbons (Fsp3) is 0.300. The average Bonchev–Trinajstić information content (AvgIpc) is 3.34. The Balaban J connectivity index is 1.65. The molecule has 1 aliphatic heterocycles. The van der Waals surface area contributed by atoms with Gasteiger partial charge >= 0.3 is 0 Å². The highest BCUT2D eigenvalue weighted by Crippen LogP contribution is 2.34. The number of pyridine rings is 1. The summed E-state index contributed by atoms with van der Waals surface area (Å²) in [5.74, 6) is 1.22. The third-order valence-corrected chi connectivity index (χ3v) is 5.38. The molecule has 3 aliphatic rings. The summed E-state index contributed by atoms with van der Waals surface area (Å²) in [6.07, 6.45) is 16.8. The van der Waals surface area contributed by atoms with E-state index >= 15 is 0 Å². The summed E-state index contributed by atoms with van der Waals surface area (Å²) in [5.41, 5.74) is 4.09. The predicted octanol–water partition coefficient (Wildman–Crippen LogP) is 3.36. The van der Waals surface area contributed by atoms with E-state index in [0.717, 1.165) is 48.3 Å². The average molecular weight is 362 g/mol. The van der Waals surface area contributed by atoms with Crippen LogP contribution in [0.25, 0.3) is 11.5 Å². The van der Waals surface area contributed by atoms with Crippen LogP contribution in [0.4, 0.5) is 0 Å². The molecule has 7 heteroatoms. The van der Waals surface area contributed by atoms with Gasteiger partial charge in [0.25, 0.3) is 0 Å². The second-order valence-electron chi connectivity index (χ2n) is 7.16. The van der Waals surface area contributed by atoms with Gasteiger partial charge in [0.2, 0.25) is 0 Å². The van der Waals surface area contributed by atoms with Gasteiger partial charge in [-0.25, -0.2) is 20.6 Å². The van der Waals surface area contributed by atoms with E-state index in [1.165, 1.54) is 5.56 Å². The molecule has 2 aromatic heterocycles. The van der Waals surface area contributed by atoms with E-state index in [2.05, 4.69) is 57.1 Å². The third-order valence-electron chi connectivity index (χ3n) is 5.38. The van der Waals surface area contributed by atoms with Gasteiger partial charge in [0.05, 0.1) is 5.70 Å². The number of H-pyrrole nitrogens is 3. The predicted molar refractivity (Wildman–Crippen MR) is 102 cm³/mol. The number of aromatic nitrogens is 6. The van der Waals surface area contributed by atoms with Crippen LogP contribution in [0.1, 0.15) is 31.2 Å². The van der Waals surface area contributed by atoms with Crippen molar-refractivity contribution < 1.29 is 4.79 Å². The fourth-order valence-electron chi connectivity index (χ4n) is 3.95. The molecule has 2 aliphatic carbocycles. The van der Waals surface area contributed by atoms with Crippen molar-refractivity contribution in [3.63, 3.8) is 0 Å². The highest BCUT2D eigenvalue weighted by Gasteiger charge is 2.25. The number of nitrogens with zero attached hydrogens (tertiary/aromatic N) is 3. The SMILES string of the molecule is O=C1CCCCCc2ccnc(c2)-n2[nH][nH][nH]n2C2=CC3=C1C=CC3C=C2. The number of Topliss-reactive ketones (excluding diaryl/α,β-unsaturated/α-hetero) is 1. The first kappa shape index (κ1) is 16.0. The molecule has 0 spiro atoms. The van der Waals surface area contributed by atoms with Gasteiger partial charge in [0.1, 0.15) is 0 Å². The quantitative estimate of drug-likeness (QED) is 0.671. The normalized spacial score (nSPS) is 21.6. The van der Waals surface area contributed by atoms with Crippen LogP contribution in [0.2, 0.25) is 0 Å². The molecule has 0 fully saturated rings. The number of rotatable bonds is 0. The minimum Gasteiger partial charge on any atom is -0.294 e. The zero-order valence-electron chi connectivity index (χ0n) is 15.0. The molecule has 2 aromatic rings. The number of carbonyl (C=O) groups excluding carboxylic acids is 1. The Labute approximate surface area is 156 Å². The number of nitrogens with one attached hydrogen (secondary N) is 3. The van der Waals surface area contributed by atoms with Crippen molar-refractivity contribution in [2.24, 2.45) is 5.92 Å². The molecule has 27 heavy (non-hydrogen) atoms. The highest BCUT2D eigenvalue weighted by atomic mass is 16.1. The summed E-state index contributed by atoms with van der Waals surface area (Å²) < 4.78 is 0. The molecule has 1 atom stereocenters. The van der Waals surface area contributed by atoms with E-state index in [1.807, 2.05) is 21.9 Å². The number of carbonyl (C=O) groups is 1. The minimum absolute atomic E-state index is 0.182. The number of aryl methyl sites for hydroxylation is 1. The van der Waals surface area contributed by atoms with E-state index in [-0.39, 0.29) is 11.7 Å². The number of allylic oxidation sites excluding steroid dienone is 8. The van der Waals surface area contributed by atoms with Gasteiger partial charge in [-0.15, -0.1) is 4.80 Å². The molecule has 3 heterocycles. The summed E-state index contributed by atoms with van der Waals surface area (Å²) in [7, 11) is 0. The Morgan fingerprint density at radius 1 is 1.04 bits per heavy atom. The lowest BCUT2D eigenvalue weighted by Crippen LogP contribution is -2.16. The first-order valence-corrected chi connectivity index (χ1v) is 9.46. The van der Waals surface area contributed by atoms with Crippen LogP contribution in [0.15, 0.2) is 59.9 Å². The molecule has 0 saturated carbocycles. The molecule has 0 amide bonds. The molecule has 1 unspecified atom stereocenters. The van der Waals surface area contributed by atoms with Gasteiger partial charge in [0.15, 0.2) is 11.6 Å². The standard InChI is InChI=1S/C20H22N6O/c27-19-5-3-1-2-4-14-10-11-21-20(12-14)26-24-22-23-25(26)16-8-6-15-7-9-17(19)18(15)13-16/h6-13,15,22-24H,1-5H2. The molecule has 0 aromatic carbocycles. The number of aromatic amines is 3. The van der Waals surface area contributed by atoms with Gasteiger partial charge in [-0.05, 0) is 54.7 Å². The molecule has 0 radical (unpaired) electrons. The smallest absolute Gasteiger partial charge is 0.173 e. The molecule has 4 bridgehead atoms. The maximum Gasteiger partial charge on any atom is 0.173 e. The maximum absolute atomic E-state index is 12.8. The van der Waals surface area contributed by atoms with Gasteiger partial charge in [-0.1, -0.05) is 24.6 Å². The zero-order chi connectivity index (χ0) is 18.2. The van der Waals surface area contributed by atoms with Crippen molar-refractivity contribution in [3.8, 4) is 5.82 Å². The topological polar surface area (TPSA) is 87.2 Å². The van der Waals surface area contributed by atoms with Crippen molar-refractivity contribution in [2.75, 3.05) is 0 Å². The largest absolute Gasteiger partial charge is 0.294 e. The Hall–Kier alpha value is -3.22. The summed E-state index contributed by atoms with van der Waals surface area (Å²) in [5, 5.41) is 9.08. The summed E-state index contributed by atoms with van der Waals surface area (Å²) in [6, 6.07) is 4.15. The van der Waals surface area contributed by atoms with Crippen LogP contribution in [-0.4, -0.2) is 36.0 Å². The van der Waals surface area contributed by atoms with E-state index < -0.39 is 0 Å². The van der Waals surface area contributed by atoms with Crippen molar-refractivity contribution >= 4 is 11.5 Å². The van der Waals surface area contributed by atoms with Crippen LogP contribution in [0.5, 0.6) is 0 Å². The molecule has 138 valence electrons. The summed E-state index contributed by atoms with van der Waals surface area (Å²) >= 11 is 0. The second kappa shape index (κ2) is 6.50. The molecule has 3 N–H and O–H groups in total.